The molecule has 0 fully saturated rings. The van der Waals surface area contributed by atoms with Gasteiger partial charge in [-0.2, -0.15) is 0 Å². The van der Waals surface area contributed by atoms with Gasteiger partial charge in [0.1, 0.15) is 11.5 Å². The lowest BCUT2D eigenvalue weighted by atomic mass is 10.0. The van der Waals surface area contributed by atoms with E-state index in [1.165, 1.54) is 28.0 Å². The number of rotatable bonds is 6. The van der Waals surface area contributed by atoms with Crippen molar-refractivity contribution >= 4 is 51.5 Å². The van der Waals surface area contributed by atoms with Crippen LogP contribution in [0.15, 0.2) is 29.2 Å². The molecule has 0 saturated heterocycles. The molecule has 2 heterocycles. The van der Waals surface area contributed by atoms with Crippen molar-refractivity contribution in [2.75, 3.05) is 24.2 Å². The lowest BCUT2D eigenvalue weighted by Gasteiger charge is -2.22. The summed E-state index contributed by atoms with van der Waals surface area (Å²) in [5.41, 5.74) is 7.10. The summed E-state index contributed by atoms with van der Waals surface area (Å²) in [5.74, 6) is -0.358. The molecular formula is C18H21ClN3O2S2+. The van der Waals surface area contributed by atoms with E-state index in [2.05, 4.69) is 12.2 Å². The standard InChI is InChI=1S/C18H20ClN3O2S2/c1-2-22-8-7-13-14(9-22)26-18(16(13)17(20)24)21-15(23)10-25-12-5-3-11(19)4-6-12/h3-6H,2,7-10H2,1H3,(H2,20,24)(H,21,23)/p+1. The van der Waals surface area contributed by atoms with E-state index in [9.17, 15) is 9.59 Å². The first-order chi connectivity index (χ1) is 12.5. The first-order valence-electron chi connectivity index (χ1n) is 8.44. The van der Waals surface area contributed by atoms with Crippen LogP contribution in [0.4, 0.5) is 5.00 Å². The predicted molar refractivity (Wildman–Crippen MR) is 107 cm³/mol. The fraction of sp³-hybridized carbons (Fsp3) is 0.333. The van der Waals surface area contributed by atoms with Crippen LogP contribution < -0.4 is 16.0 Å². The van der Waals surface area contributed by atoms with Gasteiger partial charge >= 0.3 is 0 Å². The largest absolute Gasteiger partial charge is 0.365 e. The average molecular weight is 411 g/mol. The van der Waals surface area contributed by atoms with E-state index in [1.807, 2.05) is 12.1 Å². The number of nitrogens with one attached hydrogen (secondary N) is 2. The molecule has 2 amide bonds. The first kappa shape index (κ1) is 19.2. The molecule has 4 N–H and O–H groups in total. The summed E-state index contributed by atoms with van der Waals surface area (Å²) in [5, 5.41) is 4.14. The van der Waals surface area contributed by atoms with Crippen molar-refractivity contribution in [1.82, 2.24) is 0 Å². The van der Waals surface area contributed by atoms with Crippen molar-refractivity contribution in [3.05, 3.63) is 45.3 Å². The molecule has 0 bridgehead atoms. The van der Waals surface area contributed by atoms with Crippen LogP contribution in [0, 0.1) is 0 Å². The lowest BCUT2D eigenvalue weighted by Crippen LogP contribution is -3.11. The first-order valence-corrected chi connectivity index (χ1v) is 10.6. The highest BCUT2D eigenvalue weighted by Crippen LogP contribution is 2.34. The van der Waals surface area contributed by atoms with E-state index in [0.717, 1.165) is 41.4 Å². The Morgan fingerprint density at radius 1 is 1.35 bits per heavy atom. The van der Waals surface area contributed by atoms with Gasteiger partial charge in [-0.1, -0.05) is 11.6 Å². The van der Waals surface area contributed by atoms with Crippen LogP contribution >= 0.6 is 34.7 Å². The van der Waals surface area contributed by atoms with E-state index in [1.54, 1.807) is 12.1 Å². The second kappa shape index (κ2) is 8.43. The number of hydrogen-bond donors (Lipinski definition) is 3. The summed E-state index contributed by atoms with van der Waals surface area (Å²) >= 11 is 8.77. The number of carbonyl (C=O) groups is 2. The molecule has 138 valence electrons. The fourth-order valence-corrected chi connectivity index (χ4v) is 5.19. The summed E-state index contributed by atoms with van der Waals surface area (Å²) in [4.78, 5) is 27.9. The molecule has 8 heteroatoms. The zero-order valence-corrected chi connectivity index (χ0v) is 16.8. The Bertz CT molecular complexity index is 821. The zero-order valence-electron chi connectivity index (χ0n) is 14.4. The molecule has 0 radical (unpaired) electrons. The van der Waals surface area contributed by atoms with Crippen LogP contribution in [0.2, 0.25) is 5.02 Å². The number of nitrogens with two attached hydrogens (primary N) is 1. The van der Waals surface area contributed by atoms with Crippen LogP contribution in [-0.4, -0.2) is 30.7 Å². The van der Waals surface area contributed by atoms with Crippen molar-refractivity contribution in [1.29, 1.82) is 0 Å². The predicted octanol–water partition coefficient (Wildman–Crippen LogP) is 2.19. The third-order valence-corrected chi connectivity index (χ3v) is 6.82. The Balaban J connectivity index is 1.70. The smallest absolute Gasteiger partial charge is 0.252 e. The number of amides is 2. The number of halogens is 1. The Labute approximate surface area is 165 Å². The highest BCUT2D eigenvalue weighted by Gasteiger charge is 2.29. The third-order valence-electron chi connectivity index (χ3n) is 4.41. The topological polar surface area (TPSA) is 76.6 Å². The van der Waals surface area contributed by atoms with Gasteiger partial charge in [0, 0.05) is 16.3 Å². The van der Waals surface area contributed by atoms with Gasteiger partial charge < -0.3 is 16.0 Å². The summed E-state index contributed by atoms with van der Waals surface area (Å²) in [6.45, 7) is 5.06. The van der Waals surface area contributed by atoms with Crippen LogP contribution in [0.25, 0.3) is 0 Å². The van der Waals surface area contributed by atoms with E-state index < -0.39 is 5.91 Å². The maximum atomic E-state index is 12.4. The minimum Gasteiger partial charge on any atom is -0.365 e. The zero-order chi connectivity index (χ0) is 18.7. The molecule has 3 rings (SSSR count). The van der Waals surface area contributed by atoms with Crippen molar-refractivity contribution in [3.63, 3.8) is 0 Å². The van der Waals surface area contributed by atoms with Gasteiger partial charge in [0.2, 0.25) is 5.91 Å². The minimum atomic E-state index is -0.469. The molecule has 0 aliphatic carbocycles. The molecule has 1 aliphatic heterocycles. The van der Waals surface area contributed by atoms with Crippen LogP contribution in [0.5, 0.6) is 0 Å². The number of quaternary nitrogens is 1. The van der Waals surface area contributed by atoms with Crippen molar-refractivity contribution < 1.29 is 14.5 Å². The van der Waals surface area contributed by atoms with Crippen molar-refractivity contribution in [3.8, 4) is 0 Å². The van der Waals surface area contributed by atoms with Gasteiger partial charge in [0.05, 0.1) is 29.3 Å². The molecule has 5 nitrogen and oxygen atoms in total. The SMILES string of the molecule is CC[NH+]1CCc2c(sc(NC(=O)CSc3ccc(Cl)cc3)c2C(N)=O)C1. The summed E-state index contributed by atoms with van der Waals surface area (Å²) in [7, 11) is 0. The highest BCUT2D eigenvalue weighted by atomic mass is 35.5. The quantitative estimate of drug-likeness (QED) is 0.639. The minimum absolute atomic E-state index is 0.147. The molecule has 1 aromatic carbocycles. The number of thioether (sulfide) groups is 1. The molecule has 1 aliphatic rings. The number of hydrogen-bond acceptors (Lipinski definition) is 4. The molecule has 1 aromatic heterocycles. The Morgan fingerprint density at radius 2 is 2.08 bits per heavy atom. The van der Waals surface area contributed by atoms with Crippen molar-refractivity contribution in [2.45, 2.75) is 24.8 Å². The van der Waals surface area contributed by atoms with Gasteiger partial charge in [0.25, 0.3) is 5.91 Å². The van der Waals surface area contributed by atoms with E-state index >= 15 is 0 Å². The number of benzene rings is 1. The van der Waals surface area contributed by atoms with Crippen LogP contribution in [0.3, 0.4) is 0 Å². The van der Waals surface area contributed by atoms with Gasteiger partial charge in [-0.3, -0.25) is 9.59 Å². The second-order valence-corrected chi connectivity index (χ2v) is 8.73. The Morgan fingerprint density at radius 3 is 2.73 bits per heavy atom. The summed E-state index contributed by atoms with van der Waals surface area (Å²) < 4.78 is 0. The third kappa shape index (κ3) is 4.40. The Hall–Kier alpha value is -1.54. The number of primary amides is 1. The molecule has 1 unspecified atom stereocenters. The summed E-state index contributed by atoms with van der Waals surface area (Å²) in [6.07, 6.45) is 0.822. The number of likely N-dealkylation sites (N-methyl/N-ethyl adjacent to an activating group) is 1. The maximum absolute atomic E-state index is 12.4. The molecule has 0 spiro atoms. The maximum Gasteiger partial charge on any atom is 0.252 e. The number of thiophene rings is 1. The average Bonchev–Trinajstić information content (AvgIpc) is 2.98. The monoisotopic (exact) mass is 410 g/mol. The highest BCUT2D eigenvalue weighted by molar-refractivity contribution is 8.00. The number of carbonyl (C=O) groups excluding carboxylic acids is 2. The van der Waals surface area contributed by atoms with Crippen LogP contribution in [0.1, 0.15) is 27.7 Å². The Kier molecular flexibility index (Phi) is 6.24. The summed E-state index contributed by atoms with van der Waals surface area (Å²) in [6, 6.07) is 7.34. The normalized spacial score (nSPS) is 16.2. The molecule has 26 heavy (non-hydrogen) atoms. The van der Waals surface area contributed by atoms with Crippen LogP contribution in [-0.2, 0) is 17.8 Å². The van der Waals surface area contributed by atoms with Gasteiger partial charge in [-0.05, 0) is 36.8 Å². The number of fused-ring (bicyclic) bond motifs is 1. The lowest BCUT2D eigenvalue weighted by molar-refractivity contribution is -0.913. The number of anilines is 1. The van der Waals surface area contributed by atoms with Crippen molar-refractivity contribution in [2.24, 2.45) is 5.73 Å². The second-order valence-electron chi connectivity index (χ2n) is 6.14. The fourth-order valence-electron chi connectivity index (χ4n) is 3.03. The van der Waals surface area contributed by atoms with Gasteiger partial charge in [0.15, 0.2) is 0 Å². The van der Waals surface area contributed by atoms with Gasteiger partial charge in [-0.15, -0.1) is 23.1 Å². The molecule has 2 aromatic rings. The molecule has 0 saturated carbocycles. The van der Waals surface area contributed by atoms with E-state index in [0.29, 0.717) is 15.6 Å². The molecule has 1 atom stereocenters. The van der Waals surface area contributed by atoms with Gasteiger partial charge in [-0.25, -0.2) is 0 Å². The molecular weight excluding hydrogens is 390 g/mol. The van der Waals surface area contributed by atoms with E-state index in [4.69, 9.17) is 17.3 Å². The van der Waals surface area contributed by atoms with E-state index in [-0.39, 0.29) is 11.7 Å².